The number of likely N-dealkylation sites (tertiary alicyclic amines) is 1. The largest absolute Gasteiger partial charge is 0.481 e. The molecular formula is C12H21F2NO2. The molecule has 1 N–H and O–H groups in total. The highest BCUT2D eigenvalue weighted by atomic mass is 19.3. The Kier molecular flexibility index (Phi) is 4.12. The van der Waals surface area contributed by atoms with E-state index in [2.05, 4.69) is 0 Å². The zero-order valence-electron chi connectivity index (χ0n) is 10.7. The van der Waals surface area contributed by atoms with Gasteiger partial charge >= 0.3 is 5.97 Å². The molecule has 0 aromatic carbocycles. The molecule has 1 heterocycles. The average molecular weight is 249 g/mol. The first-order chi connectivity index (χ1) is 7.71. The van der Waals surface area contributed by atoms with Crippen molar-refractivity contribution in [1.82, 2.24) is 4.90 Å². The summed E-state index contributed by atoms with van der Waals surface area (Å²) < 4.78 is 28.0. The minimum atomic E-state index is -3.11. The third-order valence-electron chi connectivity index (χ3n) is 3.61. The quantitative estimate of drug-likeness (QED) is 0.832. The van der Waals surface area contributed by atoms with E-state index in [1.54, 1.807) is 11.9 Å². The highest BCUT2D eigenvalue weighted by Gasteiger charge is 2.60. The molecule has 3 nitrogen and oxygen atoms in total. The molecule has 1 rings (SSSR count). The normalized spacial score (nSPS) is 29.5. The number of nitrogens with zero attached hydrogens (tertiary/aromatic N) is 1. The molecule has 1 aliphatic heterocycles. The molecule has 1 atom stereocenters. The number of halogens is 2. The van der Waals surface area contributed by atoms with Crippen LogP contribution in [0.2, 0.25) is 0 Å². The van der Waals surface area contributed by atoms with Crippen LogP contribution in [0.5, 0.6) is 0 Å². The fourth-order valence-electron chi connectivity index (χ4n) is 2.35. The van der Waals surface area contributed by atoms with Gasteiger partial charge in [-0.1, -0.05) is 13.8 Å². The summed E-state index contributed by atoms with van der Waals surface area (Å²) in [6.45, 7) is 4.02. The lowest BCUT2D eigenvalue weighted by atomic mass is 9.72. The standard InChI is InChI=1S/C12H21F2NO2/c1-9(2)4-5-11(10(16)17)8-15(3)7-6-12(11,13)14/h9H,4-8H2,1-3H3,(H,16,17). The summed E-state index contributed by atoms with van der Waals surface area (Å²) in [6, 6.07) is 0. The maximum Gasteiger partial charge on any atom is 0.317 e. The number of carboxylic acids is 1. The molecule has 17 heavy (non-hydrogen) atoms. The molecule has 0 saturated carbocycles. The second kappa shape index (κ2) is 4.88. The van der Waals surface area contributed by atoms with E-state index >= 15 is 0 Å². The van der Waals surface area contributed by atoms with Crippen molar-refractivity contribution in [2.45, 2.75) is 39.0 Å². The van der Waals surface area contributed by atoms with Crippen molar-refractivity contribution in [2.24, 2.45) is 11.3 Å². The molecule has 0 radical (unpaired) electrons. The Morgan fingerprint density at radius 1 is 1.47 bits per heavy atom. The monoisotopic (exact) mass is 249 g/mol. The molecule has 0 spiro atoms. The summed E-state index contributed by atoms with van der Waals surface area (Å²) in [5.41, 5.74) is -1.91. The van der Waals surface area contributed by atoms with Crippen LogP contribution in [0.4, 0.5) is 8.78 Å². The summed E-state index contributed by atoms with van der Waals surface area (Å²) in [5, 5.41) is 9.25. The van der Waals surface area contributed by atoms with Gasteiger partial charge in [-0.3, -0.25) is 4.79 Å². The van der Waals surface area contributed by atoms with Gasteiger partial charge in [0.25, 0.3) is 5.92 Å². The van der Waals surface area contributed by atoms with Gasteiger partial charge in [-0.05, 0) is 25.8 Å². The Morgan fingerprint density at radius 3 is 2.53 bits per heavy atom. The van der Waals surface area contributed by atoms with Crippen molar-refractivity contribution < 1.29 is 18.7 Å². The smallest absolute Gasteiger partial charge is 0.317 e. The summed E-state index contributed by atoms with van der Waals surface area (Å²) in [4.78, 5) is 13.0. The zero-order valence-corrected chi connectivity index (χ0v) is 10.7. The number of hydrogen-bond donors (Lipinski definition) is 1. The van der Waals surface area contributed by atoms with E-state index in [-0.39, 0.29) is 31.8 Å². The topological polar surface area (TPSA) is 40.5 Å². The van der Waals surface area contributed by atoms with Crippen LogP contribution in [0.1, 0.15) is 33.1 Å². The van der Waals surface area contributed by atoms with Crippen LogP contribution < -0.4 is 0 Å². The van der Waals surface area contributed by atoms with Gasteiger partial charge in [-0.2, -0.15) is 0 Å². The number of carbonyl (C=O) groups is 1. The van der Waals surface area contributed by atoms with Gasteiger partial charge < -0.3 is 10.0 Å². The van der Waals surface area contributed by atoms with Crippen LogP contribution in [0, 0.1) is 11.3 Å². The van der Waals surface area contributed by atoms with Gasteiger partial charge in [-0.15, -0.1) is 0 Å². The second-order valence-corrected chi connectivity index (χ2v) is 5.51. The Balaban J connectivity index is 2.97. The molecule has 5 heteroatoms. The van der Waals surface area contributed by atoms with Gasteiger partial charge in [0.05, 0.1) is 0 Å². The Bertz CT molecular complexity index is 294. The van der Waals surface area contributed by atoms with E-state index in [9.17, 15) is 18.7 Å². The number of hydrogen-bond acceptors (Lipinski definition) is 2. The van der Waals surface area contributed by atoms with Crippen molar-refractivity contribution in [1.29, 1.82) is 0 Å². The summed E-state index contributed by atoms with van der Waals surface area (Å²) >= 11 is 0. The van der Waals surface area contributed by atoms with Crippen LogP contribution in [0.15, 0.2) is 0 Å². The van der Waals surface area contributed by atoms with Crippen LogP contribution in [-0.4, -0.2) is 42.0 Å². The van der Waals surface area contributed by atoms with Crippen LogP contribution in [-0.2, 0) is 4.79 Å². The van der Waals surface area contributed by atoms with Gasteiger partial charge in [0.1, 0.15) is 5.41 Å². The third kappa shape index (κ3) is 2.76. The van der Waals surface area contributed by atoms with E-state index < -0.39 is 17.3 Å². The van der Waals surface area contributed by atoms with Crippen molar-refractivity contribution in [3.05, 3.63) is 0 Å². The molecule has 0 bridgehead atoms. The number of aliphatic carboxylic acids is 1. The third-order valence-corrected chi connectivity index (χ3v) is 3.61. The lowest BCUT2D eigenvalue weighted by molar-refractivity contribution is -0.198. The molecule has 0 aromatic heterocycles. The van der Waals surface area contributed by atoms with E-state index in [4.69, 9.17) is 0 Å². The highest BCUT2D eigenvalue weighted by molar-refractivity contribution is 5.76. The van der Waals surface area contributed by atoms with Gasteiger partial charge in [0.15, 0.2) is 0 Å². The average Bonchev–Trinajstić information content (AvgIpc) is 2.19. The molecule has 1 aliphatic rings. The van der Waals surface area contributed by atoms with Crippen molar-refractivity contribution in [3.8, 4) is 0 Å². The molecule has 0 aromatic rings. The van der Waals surface area contributed by atoms with Gasteiger partial charge in [0, 0.05) is 19.5 Å². The molecular weight excluding hydrogens is 228 g/mol. The van der Waals surface area contributed by atoms with Crippen LogP contribution >= 0.6 is 0 Å². The fraction of sp³-hybridized carbons (Fsp3) is 0.917. The first-order valence-electron chi connectivity index (χ1n) is 6.01. The minimum absolute atomic E-state index is 0.0390. The number of alkyl halides is 2. The minimum Gasteiger partial charge on any atom is -0.481 e. The molecule has 1 fully saturated rings. The number of carboxylic acid groups (broad SMARTS) is 1. The summed E-state index contributed by atoms with van der Waals surface area (Å²) in [7, 11) is 1.70. The van der Waals surface area contributed by atoms with E-state index in [1.165, 1.54) is 0 Å². The van der Waals surface area contributed by atoms with Gasteiger partial charge in [-0.25, -0.2) is 8.78 Å². The van der Waals surface area contributed by atoms with Crippen molar-refractivity contribution >= 4 is 5.97 Å². The first-order valence-corrected chi connectivity index (χ1v) is 6.01. The van der Waals surface area contributed by atoms with Crippen LogP contribution in [0.3, 0.4) is 0 Å². The predicted octanol–water partition coefficient (Wildman–Crippen LogP) is 2.46. The molecule has 0 aliphatic carbocycles. The summed E-state index contributed by atoms with van der Waals surface area (Å²) in [6.07, 6.45) is 0.182. The lowest BCUT2D eigenvalue weighted by Gasteiger charge is -2.44. The summed E-state index contributed by atoms with van der Waals surface area (Å²) in [5.74, 6) is -4.25. The van der Waals surface area contributed by atoms with Crippen molar-refractivity contribution in [2.75, 3.05) is 20.1 Å². The molecule has 1 saturated heterocycles. The Morgan fingerprint density at radius 2 is 2.06 bits per heavy atom. The molecule has 100 valence electrons. The molecule has 0 amide bonds. The Hall–Kier alpha value is -0.710. The second-order valence-electron chi connectivity index (χ2n) is 5.51. The van der Waals surface area contributed by atoms with E-state index in [1.807, 2.05) is 13.8 Å². The van der Waals surface area contributed by atoms with E-state index in [0.717, 1.165) is 0 Å². The highest BCUT2D eigenvalue weighted by Crippen LogP contribution is 2.47. The molecule has 1 unspecified atom stereocenters. The zero-order chi connectivity index (χ0) is 13.3. The fourth-order valence-corrected chi connectivity index (χ4v) is 2.35. The van der Waals surface area contributed by atoms with Crippen molar-refractivity contribution in [3.63, 3.8) is 0 Å². The number of rotatable bonds is 4. The van der Waals surface area contributed by atoms with E-state index in [0.29, 0.717) is 6.42 Å². The SMILES string of the molecule is CC(C)CCC1(C(=O)O)CN(C)CCC1(F)F. The number of piperidine rings is 1. The van der Waals surface area contributed by atoms with Gasteiger partial charge in [0.2, 0.25) is 0 Å². The van der Waals surface area contributed by atoms with Crippen LogP contribution in [0.25, 0.3) is 0 Å². The maximum atomic E-state index is 14.0. The Labute approximate surface area is 101 Å². The maximum absolute atomic E-state index is 14.0. The predicted molar refractivity (Wildman–Crippen MR) is 61.2 cm³/mol. The lowest BCUT2D eigenvalue weighted by Crippen LogP contribution is -2.58. The first kappa shape index (κ1) is 14.4.